The van der Waals surface area contributed by atoms with Gasteiger partial charge >= 0.3 is 23.1 Å². The summed E-state index contributed by atoms with van der Waals surface area (Å²) in [5.74, 6) is 0. The van der Waals surface area contributed by atoms with Crippen LogP contribution in [0.4, 0.5) is 0 Å². The van der Waals surface area contributed by atoms with Crippen molar-refractivity contribution in [2.75, 3.05) is 0 Å². The zero-order valence-corrected chi connectivity index (χ0v) is 12.9. The Labute approximate surface area is 134 Å². The molecule has 2 heteroatoms. The van der Waals surface area contributed by atoms with Gasteiger partial charge in [0.25, 0.3) is 0 Å². The van der Waals surface area contributed by atoms with E-state index >= 15 is 0 Å². The molecule has 0 fully saturated rings. The summed E-state index contributed by atoms with van der Waals surface area (Å²) in [4.78, 5) is 0. The fourth-order valence-corrected chi connectivity index (χ4v) is 1.95. The zero-order chi connectivity index (χ0) is 10.8. The topological polar surface area (TPSA) is 0 Å². The molecule has 0 spiro atoms. The molecular weight excluding hydrogens is 296 g/mol. The molecule has 0 bridgehead atoms. The van der Waals surface area contributed by atoms with Gasteiger partial charge in [0.1, 0.15) is 0 Å². The van der Waals surface area contributed by atoms with Gasteiger partial charge in [-0.1, -0.05) is 36.4 Å². The second-order valence-corrected chi connectivity index (χ2v) is 3.85. The molecule has 0 aliphatic carbocycles. The summed E-state index contributed by atoms with van der Waals surface area (Å²) in [5.41, 5.74) is 2.50. The van der Waals surface area contributed by atoms with Crippen molar-refractivity contribution in [2.45, 2.75) is 0 Å². The van der Waals surface area contributed by atoms with Crippen molar-refractivity contribution in [3.05, 3.63) is 72.8 Å². The van der Waals surface area contributed by atoms with Crippen LogP contribution < -0.4 is 17.0 Å². The van der Waals surface area contributed by atoms with Crippen LogP contribution in [0.2, 0.25) is 0 Å². The van der Waals surface area contributed by atoms with Gasteiger partial charge in [-0.25, -0.2) is 0 Å². The maximum atomic E-state index is 3.04. The molecule has 0 amide bonds. The summed E-state index contributed by atoms with van der Waals surface area (Å²) in [5, 5.41) is 2.57. The van der Waals surface area contributed by atoms with Crippen LogP contribution in [0.15, 0.2) is 66.7 Å². The molecule has 3 aromatic carbocycles. The monoisotopic (exact) mass is 306 g/mol. The summed E-state index contributed by atoms with van der Waals surface area (Å²) in [6, 6.07) is 26.1. The van der Waals surface area contributed by atoms with E-state index in [4.69, 9.17) is 0 Å². The van der Waals surface area contributed by atoms with Crippen LogP contribution >= 0.6 is 0 Å². The number of benzene rings is 3. The standard InChI is InChI=1S/C16H11.BrH.Mg/c1-2-6-13(7-3-1)16-11-10-14-8-4-5-9-15(14)12-16;;/h2-12H;1H;/q-1;;+2/p-1. The first-order valence-electron chi connectivity index (χ1n) is 5.39. The molecule has 0 atom stereocenters. The summed E-state index contributed by atoms with van der Waals surface area (Å²) in [7, 11) is 0. The average molecular weight is 307 g/mol. The fraction of sp³-hybridized carbons (Fsp3) is 0. The van der Waals surface area contributed by atoms with Gasteiger partial charge in [0.15, 0.2) is 0 Å². The molecule has 84 valence electrons. The van der Waals surface area contributed by atoms with E-state index in [0.29, 0.717) is 0 Å². The van der Waals surface area contributed by atoms with Crippen molar-refractivity contribution >= 4 is 33.8 Å². The van der Waals surface area contributed by atoms with Gasteiger partial charge in [-0.15, -0.1) is 5.56 Å². The van der Waals surface area contributed by atoms with Gasteiger partial charge in [0.05, 0.1) is 0 Å². The number of hydrogen-bond donors (Lipinski definition) is 0. The van der Waals surface area contributed by atoms with Crippen molar-refractivity contribution in [1.82, 2.24) is 0 Å². The molecule has 3 aromatic rings. The van der Waals surface area contributed by atoms with Crippen LogP contribution in [0.25, 0.3) is 21.9 Å². The molecule has 0 aliphatic rings. The quantitative estimate of drug-likeness (QED) is 0.463. The molecule has 0 N–H and O–H groups in total. The van der Waals surface area contributed by atoms with Gasteiger partial charge in [-0.2, -0.15) is 30.3 Å². The normalized spacial score (nSPS) is 9.33. The fourth-order valence-electron chi connectivity index (χ4n) is 1.95. The van der Waals surface area contributed by atoms with E-state index in [2.05, 4.69) is 60.7 Å². The van der Waals surface area contributed by atoms with E-state index < -0.39 is 0 Å². The van der Waals surface area contributed by atoms with Crippen molar-refractivity contribution in [3.8, 4) is 11.1 Å². The molecule has 0 nitrogen and oxygen atoms in total. The van der Waals surface area contributed by atoms with Gasteiger partial charge in [-0.3, -0.25) is 0 Å². The van der Waals surface area contributed by atoms with Crippen LogP contribution in [0, 0.1) is 6.07 Å². The molecule has 0 saturated heterocycles. The first-order chi connectivity index (χ1) is 7.93. The maximum absolute atomic E-state index is 3.04. The number of hydrogen-bond acceptors (Lipinski definition) is 0. The minimum absolute atomic E-state index is 0. The molecule has 0 aromatic heterocycles. The average Bonchev–Trinajstić information content (AvgIpc) is 2.39. The minimum Gasteiger partial charge on any atom is -1.00 e. The Bertz CT molecular complexity index is 620. The van der Waals surface area contributed by atoms with Crippen molar-refractivity contribution < 1.29 is 17.0 Å². The molecule has 0 aliphatic heterocycles. The van der Waals surface area contributed by atoms with Gasteiger partial charge in [0, 0.05) is 0 Å². The van der Waals surface area contributed by atoms with Crippen molar-refractivity contribution in [3.63, 3.8) is 0 Å². The van der Waals surface area contributed by atoms with Crippen LogP contribution in [0.1, 0.15) is 0 Å². The molecule has 3 rings (SSSR count). The largest absolute Gasteiger partial charge is 2.00 e. The number of fused-ring (bicyclic) bond motifs is 1. The molecule has 0 saturated carbocycles. The molecule has 0 radical (unpaired) electrons. The summed E-state index contributed by atoms with van der Waals surface area (Å²) in [6.45, 7) is 0. The summed E-state index contributed by atoms with van der Waals surface area (Å²) < 4.78 is 0. The first-order valence-corrected chi connectivity index (χ1v) is 5.39. The molecule has 0 unspecified atom stereocenters. The second kappa shape index (κ2) is 6.93. The second-order valence-electron chi connectivity index (χ2n) is 3.85. The van der Waals surface area contributed by atoms with Crippen LogP contribution in [0.3, 0.4) is 0 Å². The molecular formula is C16H11BrMg. The maximum Gasteiger partial charge on any atom is 2.00 e. The van der Waals surface area contributed by atoms with Crippen LogP contribution in [-0.4, -0.2) is 23.1 Å². The minimum atomic E-state index is 0. The van der Waals surface area contributed by atoms with E-state index in [-0.39, 0.29) is 40.0 Å². The van der Waals surface area contributed by atoms with E-state index in [1.165, 1.54) is 21.9 Å². The predicted molar refractivity (Wildman–Crippen MR) is 74.0 cm³/mol. The Morgan fingerprint density at radius 1 is 0.667 bits per heavy atom. The Balaban J connectivity index is 0.000000810. The summed E-state index contributed by atoms with van der Waals surface area (Å²) >= 11 is 0. The Kier molecular flexibility index (Phi) is 5.86. The summed E-state index contributed by atoms with van der Waals surface area (Å²) in [6.07, 6.45) is 0. The van der Waals surface area contributed by atoms with E-state index in [1.807, 2.05) is 12.1 Å². The van der Waals surface area contributed by atoms with Crippen molar-refractivity contribution in [1.29, 1.82) is 0 Å². The van der Waals surface area contributed by atoms with Crippen LogP contribution in [0.5, 0.6) is 0 Å². The van der Waals surface area contributed by atoms with Crippen LogP contribution in [-0.2, 0) is 0 Å². The molecule has 18 heavy (non-hydrogen) atoms. The number of halogens is 1. The van der Waals surface area contributed by atoms with E-state index in [0.717, 1.165) is 0 Å². The molecule has 0 heterocycles. The Hall–Kier alpha value is -0.834. The Morgan fingerprint density at radius 3 is 2.06 bits per heavy atom. The van der Waals surface area contributed by atoms with Gasteiger partial charge < -0.3 is 17.0 Å². The van der Waals surface area contributed by atoms with Gasteiger partial charge in [-0.05, 0) is 22.4 Å². The first kappa shape index (κ1) is 15.2. The third-order valence-corrected chi connectivity index (χ3v) is 2.80. The Morgan fingerprint density at radius 2 is 1.33 bits per heavy atom. The number of rotatable bonds is 1. The SMILES string of the molecule is [Br-].[Mg+2].[c-]1ccc(-c2ccc3ccccc3c2)cc1. The third-order valence-electron chi connectivity index (χ3n) is 2.80. The van der Waals surface area contributed by atoms with E-state index in [1.54, 1.807) is 0 Å². The van der Waals surface area contributed by atoms with E-state index in [9.17, 15) is 0 Å². The smallest absolute Gasteiger partial charge is 1.00 e. The predicted octanol–water partition coefficient (Wildman–Crippen LogP) is 0.930. The zero-order valence-electron chi connectivity index (χ0n) is 9.94. The van der Waals surface area contributed by atoms with Gasteiger partial charge in [0.2, 0.25) is 0 Å². The van der Waals surface area contributed by atoms with Crippen molar-refractivity contribution in [2.24, 2.45) is 0 Å². The third kappa shape index (κ3) is 3.13.